The van der Waals surface area contributed by atoms with Gasteiger partial charge in [-0.15, -0.1) is 0 Å². The Morgan fingerprint density at radius 1 is 1.04 bits per heavy atom. The van der Waals surface area contributed by atoms with Crippen molar-refractivity contribution in [3.05, 3.63) is 71.3 Å². The minimum absolute atomic E-state index is 0.178. The van der Waals surface area contributed by atoms with Gasteiger partial charge in [-0.2, -0.15) is 5.26 Å². The number of hydrogen-bond acceptors (Lipinski definition) is 3. The highest BCUT2D eigenvalue weighted by Crippen LogP contribution is 2.36. The van der Waals surface area contributed by atoms with E-state index < -0.39 is 9.84 Å². The van der Waals surface area contributed by atoms with Crippen molar-refractivity contribution in [2.24, 2.45) is 0 Å². The van der Waals surface area contributed by atoms with Crippen LogP contribution in [-0.4, -0.2) is 18.9 Å². The van der Waals surface area contributed by atoms with Crippen LogP contribution in [0.2, 0.25) is 0 Å². The van der Waals surface area contributed by atoms with Gasteiger partial charge in [0.25, 0.3) is 0 Å². The third-order valence-electron chi connectivity index (χ3n) is 5.56. The monoisotopic (exact) mass is 363 g/mol. The van der Waals surface area contributed by atoms with Crippen LogP contribution in [-0.2, 0) is 16.3 Å². The lowest BCUT2D eigenvalue weighted by atomic mass is 9.92. The third kappa shape index (κ3) is 3.08. The van der Waals surface area contributed by atoms with Crippen LogP contribution in [0.15, 0.2) is 60.2 Å². The van der Waals surface area contributed by atoms with Crippen LogP contribution in [0.5, 0.6) is 0 Å². The van der Waals surface area contributed by atoms with Gasteiger partial charge in [0, 0.05) is 0 Å². The topological polar surface area (TPSA) is 57.9 Å². The van der Waals surface area contributed by atoms with Gasteiger partial charge in [-0.1, -0.05) is 60.5 Å². The minimum atomic E-state index is -2.95. The first-order valence-corrected chi connectivity index (χ1v) is 10.7. The predicted octanol–water partition coefficient (Wildman–Crippen LogP) is 4.43. The molecule has 3 nitrogen and oxygen atoms in total. The number of sulfone groups is 1. The molecule has 0 aromatic heterocycles. The molecule has 4 heteroatoms. The quantitative estimate of drug-likeness (QED) is 0.758. The summed E-state index contributed by atoms with van der Waals surface area (Å²) >= 11 is 0. The molecule has 2 atom stereocenters. The standard InChI is InChI=1S/C22H21NO2S/c23-15-19-4-1-2-7-22(19)18-10-8-16(9-11-18)12-17-13-20-5-3-6-21(14-17)26(20,24)25/h1-2,4,7-11,13,20-21H,3,5-6,12,14H2. The molecule has 1 fully saturated rings. The summed E-state index contributed by atoms with van der Waals surface area (Å²) in [5.74, 6) is 0. The number of hydrogen-bond donors (Lipinski definition) is 0. The third-order valence-corrected chi connectivity index (χ3v) is 8.10. The highest BCUT2D eigenvalue weighted by molar-refractivity contribution is 7.92. The van der Waals surface area contributed by atoms with Crippen molar-refractivity contribution in [3.8, 4) is 17.2 Å². The number of benzene rings is 2. The molecular weight excluding hydrogens is 342 g/mol. The molecule has 2 aliphatic heterocycles. The van der Waals surface area contributed by atoms with Gasteiger partial charge in [-0.3, -0.25) is 0 Å². The molecule has 0 amide bonds. The Labute approximate surface area is 154 Å². The van der Waals surface area contributed by atoms with E-state index in [1.54, 1.807) is 0 Å². The summed E-state index contributed by atoms with van der Waals surface area (Å²) in [5, 5.41) is 8.82. The summed E-state index contributed by atoms with van der Waals surface area (Å²) in [6.45, 7) is 0. The minimum Gasteiger partial charge on any atom is -0.228 e. The number of nitrogens with zero attached hydrogens (tertiary/aromatic N) is 1. The molecule has 2 aliphatic rings. The fraction of sp³-hybridized carbons (Fsp3) is 0.318. The Balaban J connectivity index is 1.56. The van der Waals surface area contributed by atoms with Crippen LogP contribution in [0.25, 0.3) is 11.1 Å². The molecule has 2 aromatic rings. The second-order valence-corrected chi connectivity index (χ2v) is 9.69. The van der Waals surface area contributed by atoms with Gasteiger partial charge in [-0.25, -0.2) is 8.42 Å². The molecule has 2 aromatic carbocycles. The highest BCUT2D eigenvalue weighted by Gasteiger charge is 2.40. The summed E-state index contributed by atoms with van der Waals surface area (Å²) < 4.78 is 24.8. The second-order valence-electron chi connectivity index (χ2n) is 7.24. The zero-order valence-electron chi connectivity index (χ0n) is 14.6. The molecule has 0 spiro atoms. The molecule has 0 saturated carbocycles. The largest absolute Gasteiger partial charge is 0.228 e. The molecule has 2 unspecified atom stereocenters. The zero-order valence-corrected chi connectivity index (χ0v) is 15.4. The van der Waals surface area contributed by atoms with Crippen molar-refractivity contribution in [2.75, 3.05) is 0 Å². The highest BCUT2D eigenvalue weighted by atomic mass is 32.2. The van der Waals surface area contributed by atoms with E-state index in [0.717, 1.165) is 36.8 Å². The zero-order chi connectivity index (χ0) is 18.1. The van der Waals surface area contributed by atoms with Crippen LogP contribution in [0.3, 0.4) is 0 Å². The number of fused-ring (bicyclic) bond motifs is 2. The van der Waals surface area contributed by atoms with E-state index in [1.807, 2.05) is 42.5 Å². The molecular formula is C22H21NO2S. The Morgan fingerprint density at radius 2 is 1.81 bits per heavy atom. The first-order chi connectivity index (χ1) is 12.6. The van der Waals surface area contributed by atoms with E-state index in [-0.39, 0.29) is 10.5 Å². The van der Waals surface area contributed by atoms with Crippen molar-refractivity contribution in [1.82, 2.24) is 0 Å². The fourth-order valence-electron chi connectivity index (χ4n) is 4.17. The van der Waals surface area contributed by atoms with Gasteiger partial charge < -0.3 is 0 Å². The Kier molecular flexibility index (Phi) is 4.42. The number of nitriles is 1. The molecule has 0 radical (unpaired) electrons. The second kappa shape index (κ2) is 6.74. The van der Waals surface area contributed by atoms with Crippen LogP contribution < -0.4 is 0 Å². The lowest BCUT2D eigenvalue weighted by Crippen LogP contribution is -2.39. The molecule has 26 heavy (non-hydrogen) atoms. The fourth-order valence-corrected chi connectivity index (χ4v) is 6.48. The maximum atomic E-state index is 12.4. The van der Waals surface area contributed by atoms with Gasteiger partial charge in [0.2, 0.25) is 0 Å². The van der Waals surface area contributed by atoms with Crippen molar-refractivity contribution in [3.63, 3.8) is 0 Å². The molecule has 2 heterocycles. The Hall–Kier alpha value is -2.38. The lowest BCUT2D eigenvalue weighted by molar-refractivity contribution is 0.507. The Morgan fingerprint density at radius 3 is 2.54 bits per heavy atom. The summed E-state index contributed by atoms with van der Waals surface area (Å²) in [5.41, 5.74) is 5.09. The summed E-state index contributed by atoms with van der Waals surface area (Å²) in [4.78, 5) is 0. The first kappa shape index (κ1) is 17.1. The van der Waals surface area contributed by atoms with Crippen LogP contribution in [0, 0.1) is 11.3 Å². The van der Waals surface area contributed by atoms with Gasteiger partial charge >= 0.3 is 0 Å². The van der Waals surface area contributed by atoms with E-state index in [0.29, 0.717) is 12.0 Å². The summed E-state index contributed by atoms with van der Waals surface area (Å²) in [6.07, 6.45) is 6.09. The van der Waals surface area contributed by atoms with Crippen LogP contribution in [0.4, 0.5) is 0 Å². The van der Waals surface area contributed by atoms with Gasteiger partial charge in [-0.05, 0) is 48.4 Å². The van der Waals surface area contributed by atoms with Crippen molar-refractivity contribution in [2.45, 2.75) is 42.6 Å². The van der Waals surface area contributed by atoms with E-state index in [4.69, 9.17) is 0 Å². The molecule has 132 valence electrons. The van der Waals surface area contributed by atoms with E-state index in [9.17, 15) is 13.7 Å². The predicted molar refractivity (Wildman–Crippen MR) is 103 cm³/mol. The van der Waals surface area contributed by atoms with Crippen molar-refractivity contribution in [1.29, 1.82) is 5.26 Å². The maximum absolute atomic E-state index is 12.4. The van der Waals surface area contributed by atoms with E-state index >= 15 is 0 Å². The van der Waals surface area contributed by atoms with Crippen LogP contribution >= 0.6 is 0 Å². The van der Waals surface area contributed by atoms with Gasteiger partial charge in [0.1, 0.15) is 0 Å². The summed E-state index contributed by atoms with van der Waals surface area (Å²) in [7, 11) is -2.95. The molecule has 1 saturated heterocycles. The number of rotatable bonds is 3. The van der Waals surface area contributed by atoms with Crippen molar-refractivity contribution < 1.29 is 8.42 Å². The van der Waals surface area contributed by atoms with Crippen LogP contribution in [0.1, 0.15) is 36.8 Å². The molecule has 0 N–H and O–H groups in total. The normalized spacial score (nSPS) is 23.7. The van der Waals surface area contributed by atoms with Crippen molar-refractivity contribution >= 4 is 9.84 Å². The number of allylic oxidation sites excluding steroid dienone is 1. The Bertz CT molecular complexity index is 997. The molecule has 0 aliphatic carbocycles. The SMILES string of the molecule is N#Cc1ccccc1-c1ccc(CC2=CC3CCCC(C2)S3(=O)=O)cc1. The van der Waals surface area contributed by atoms with E-state index in [1.165, 1.54) is 11.1 Å². The van der Waals surface area contributed by atoms with Gasteiger partial charge in [0.15, 0.2) is 9.84 Å². The average molecular weight is 363 g/mol. The first-order valence-electron chi connectivity index (χ1n) is 9.08. The molecule has 2 bridgehead atoms. The smallest absolute Gasteiger partial charge is 0.159 e. The molecule has 4 rings (SSSR count). The van der Waals surface area contributed by atoms with E-state index in [2.05, 4.69) is 18.2 Å². The maximum Gasteiger partial charge on any atom is 0.159 e. The summed E-state index contributed by atoms with van der Waals surface area (Å²) in [6, 6.07) is 18.1. The van der Waals surface area contributed by atoms with Gasteiger partial charge in [0.05, 0.1) is 22.1 Å². The average Bonchev–Trinajstić information content (AvgIpc) is 2.63. The lowest BCUT2D eigenvalue weighted by Gasteiger charge is -2.33.